The molecule has 30 heavy (non-hydrogen) atoms. The molecule has 3 aromatic carbocycles. The first-order chi connectivity index (χ1) is 14.5. The van der Waals surface area contributed by atoms with Crippen LogP contribution in [0.4, 0.5) is 0 Å². The summed E-state index contributed by atoms with van der Waals surface area (Å²) in [5, 5.41) is 3.38. The van der Waals surface area contributed by atoms with Crippen LogP contribution in [0, 0.1) is 0 Å². The largest absolute Gasteiger partial charge is 0.489 e. The van der Waals surface area contributed by atoms with E-state index < -0.39 is 6.04 Å². The number of ether oxygens (including phenoxy) is 1. The highest BCUT2D eigenvalue weighted by Gasteiger charge is 2.27. The zero-order valence-electron chi connectivity index (χ0n) is 16.9. The number of halogens is 1. The molecule has 0 bridgehead atoms. The third-order valence-corrected chi connectivity index (χ3v) is 5.18. The van der Waals surface area contributed by atoms with Gasteiger partial charge in [0.2, 0.25) is 0 Å². The molecule has 1 aliphatic rings. The third-order valence-electron chi connectivity index (χ3n) is 4.89. The molecule has 0 aliphatic carbocycles. The molecule has 1 amide bonds. The van der Waals surface area contributed by atoms with Crippen LogP contribution in [-0.4, -0.2) is 23.9 Å². The predicted octanol–water partition coefficient (Wildman–Crippen LogP) is 5.28. The first kappa shape index (κ1) is 20.2. The summed E-state index contributed by atoms with van der Waals surface area (Å²) >= 11 is 6.33. The molecule has 4 nitrogen and oxygen atoms in total. The van der Waals surface area contributed by atoms with Crippen molar-refractivity contribution in [3.05, 3.63) is 88.9 Å². The molecular weight excluding hydrogens is 396 g/mol. The van der Waals surface area contributed by atoms with E-state index in [4.69, 9.17) is 16.3 Å². The third kappa shape index (κ3) is 4.55. The zero-order valence-corrected chi connectivity index (χ0v) is 17.7. The summed E-state index contributed by atoms with van der Waals surface area (Å²) in [4.78, 5) is 17.1. The second-order valence-corrected chi connectivity index (χ2v) is 7.97. The minimum Gasteiger partial charge on any atom is -0.489 e. The topological polar surface area (TPSA) is 50.7 Å². The van der Waals surface area contributed by atoms with Gasteiger partial charge >= 0.3 is 0 Å². The molecule has 0 saturated heterocycles. The van der Waals surface area contributed by atoms with Crippen LogP contribution >= 0.6 is 11.6 Å². The minimum atomic E-state index is -0.451. The fourth-order valence-corrected chi connectivity index (χ4v) is 3.64. The van der Waals surface area contributed by atoms with E-state index in [1.807, 2.05) is 44.2 Å². The summed E-state index contributed by atoms with van der Waals surface area (Å²) in [5.41, 5.74) is 4.16. The summed E-state index contributed by atoms with van der Waals surface area (Å²) in [7, 11) is 0. The Hall–Kier alpha value is -3.11. The fourth-order valence-electron chi connectivity index (χ4n) is 3.42. The van der Waals surface area contributed by atoms with Crippen LogP contribution in [0.1, 0.15) is 25.0 Å². The number of aliphatic imine (C=N–C) groups is 1. The SMILES string of the molecule is CC(C)Oc1ccc(C2=NC(Cc3ccc(-c4ccccc4)cc3)C(=O)N2)cc1Cl. The summed E-state index contributed by atoms with van der Waals surface area (Å²) in [6, 6.07) is 23.5. The Morgan fingerprint density at radius 1 is 0.967 bits per heavy atom. The van der Waals surface area contributed by atoms with Gasteiger partial charge in [0, 0.05) is 12.0 Å². The van der Waals surface area contributed by atoms with Crippen molar-refractivity contribution in [2.24, 2.45) is 4.99 Å². The number of benzene rings is 3. The van der Waals surface area contributed by atoms with Crippen molar-refractivity contribution in [2.45, 2.75) is 32.4 Å². The van der Waals surface area contributed by atoms with Crippen molar-refractivity contribution >= 4 is 23.3 Å². The van der Waals surface area contributed by atoms with E-state index in [0.717, 1.165) is 16.7 Å². The molecule has 0 radical (unpaired) electrons. The van der Waals surface area contributed by atoms with Crippen LogP contribution in [0.5, 0.6) is 5.75 Å². The number of carbonyl (C=O) groups excluding carboxylic acids is 1. The van der Waals surface area contributed by atoms with Gasteiger partial charge in [0.15, 0.2) is 0 Å². The number of amidine groups is 1. The molecule has 1 aliphatic heterocycles. The van der Waals surface area contributed by atoms with Crippen LogP contribution in [-0.2, 0) is 11.2 Å². The maximum atomic E-state index is 12.5. The van der Waals surface area contributed by atoms with E-state index in [1.165, 1.54) is 5.56 Å². The van der Waals surface area contributed by atoms with Gasteiger partial charge in [-0.2, -0.15) is 0 Å². The van der Waals surface area contributed by atoms with E-state index in [-0.39, 0.29) is 12.0 Å². The molecule has 1 unspecified atom stereocenters. The van der Waals surface area contributed by atoms with E-state index in [9.17, 15) is 4.79 Å². The molecular formula is C25H23ClN2O2. The second-order valence-electron chi connectivity index (χ2n) is 7.56. The van der Waals surface area contributed by atoms with Crippen molar-refractivity contribution in [2.75, 3.05) is 0 Å². The normalized spacial score (nSPS) is 15.8. The summed E-state index contributed by atoms with van der Waals surface area (Å²) in [6.07, 6.45) is 0.585. The number of amides is 1. The molecule has 0 aromatic heterocycles. The molecule has 0 saturated carbocycles. The van der Waals surface area contributed by atoms with Crippen LogP contribution in [0.15, 0.2) is 77.8 Å². The number of hydrogen-bond donors (Lipinski definition) is 1. The number of rotatable bonds is 6. The number of nitrogens with one attached hydrogen (secondary N) is 1. The maximum absolute atomic E-state index is 12.5. The fraction of sp³-hybridized carbons (Fsp3) is 0.200. The molecule has 0 fully saturated rings. The first-order valence-electron chi connectivity index (χ1n) is 9.99. The lowest BCUT2D eigenvalue weighted by molar-refractivity contribution is -0.120. The van der Waals surface area contributed by atoms with E-state index in [0.29, 0.717) is 23.0 Å². The Bertz CT molecular complexity index is 1080. The Morgan fingerprint density at radius 2 is 1.63 bits per heavy atom. The number of nitrogens with zero attached hydrogens (tertiary/aromatic N) is 1. The molecule has 0 spiro atoms. The van der Waals surface area contributed by atoms with Gasteiger partial charge < -0.3 is 10.1 Å². The van der Waals surface area contributed by atoms with E-state index >= 15 is 0 Å². The van der Waals surface area contributed by atoms with Crippen LogP contribution in [0.3, 0.4) is 0 Å². The Morgan fingerprint density at radius 3 is 2.30 bits per heavy atom. The van der Waals surface area contributed by atoms with Gasteiger partial charge in [-0.25, -0.2) is 0 Å². The highest BCUT2D eigenvalue weighted by atomic mass is 35.5. The smallest absolute Gasteiger partial charge is 0.250 e. The van der Waals surface area contributed by atoms with Gasteiger partial charge in [0.1, 0.15) is 17.6 Å². The van der Waals surface area contributed by atoms with Gasteiger partial charge in [0.25, 0.3) is 5.91 Å². The van der Waals surface area contributed by atoms with Crippen molar-refractivity contribution in [1.29, 1.82) is 0 Å². The average molecular weight is 419 g/mol. The molecule has 4 rings (SSSR count). The van der Waals surface area contributed by atoms with Gasteiger partial charge in [-0.1, -0.05) is 66.2 Å². The second kappa shape index (κ2) is 8.72. The quantitative estimate of drug-likeness (QED) is 0.591. The van der Waals surface area contributed by atoms with Crippen LogP contribution in [0.25, 0.3) is 11.1 Å². The summed E-state index contributed by atoms with van der Waals surface area (Å²) < 4.78 is 5.67. The lowest BCUT2D eigenvalue weighted by Gasteiger charge is -2.12. The van der Waals surface area contributed by atoms with Crippen molar-refractivity contribution < 1.29 is 9.53 Å². The van der Waals surface area contributed by atoms with E-state index in [1.54, 1.807) is 6.07 Å². The first-order valence-corrected chi connectivity index (χ1v) is 10.4. The lowest BCUT2D eigenvalue weighted by Crippen LogP contribution is -2.30. The summed E-state index contributed by atoms with van der Waals surface area (Å²) in [6.45, 7) is 3.89. The highest BCUT2D eigenvalue weighted by Crippen LogP contribution is 2.27. The minimum absolute atomic E-state index is 0.0366. The van der Waals surface area contributed by atoms with Gasteiger partial charge in [-0.05, 0) is 48.7 Å². The number of hydrogen-bond acceptors (Lipinski definition) is 3. The highest BCUT2D eigenvalue weighted by molar-refractivity contribution is 6.32. The Labute approximate surface area is 181 Å². The molecule has 152 valence electrons. The molecule has 1 heterocycles. The van der Waals surface area contributed by atoms with Crippen LogP contribution in [0.2, 0.25) is 5.02 Å². The molecule has 1 atom stereocenters. The Balaban J connectivity index is 1.48. The monoisotopic (exact) mass is 418 g/mol. The Kier molecular flexibility index (Phi) is 5.86. The van der Waals surface area contributed by atoms with Gasteiger partial charge in [-0.3, -0.25) is 9.79 Å². The predicted molar refractivity (Wildman–Crippen MR) is 121 cm³/mol. The van der Waals surface area contributed by atoms with Gasteiger partial charge in [-0.15, -0.1) is 0 Å². The average Bonchev–Trinajstić information content (AvgIpc) is 3.11. The van der Waals surface area contributed by atoms with Crippen molar-refractivity contribution in [3.8, 4) is 16.9 Å². The summed E-state index contributed by atoms with van der Waals surface area (Å²) in [5.74, 6) is 1.06. The molecule has 1 N–H and O–H groups in total. The van der Waals surface area contributed by atoms with Crippen molar-refractivity contribution in [1.82, 2.24) is 5.32 Å². The molecule has 3 aromatic rings. The van der Waals surface area contributed by atoms with Crippen molar-refractivity contribution in [3.63, 3.8) is 0 Å². The standard InChI is InChI=1S/C25H23ClN2O2/c1-16(2)30-23-13-12-20(15-21(23)26)24-27-22(25(29)28-24)14-17-8-10-19(11-9-17)18-6-4-3-5-7-18/h3-13,15-16,22H,14H2,1-2H3,(H,27,28,29). The van der Waals surface area contributed by atoms with E-state index in [2.05, 4.69) is 46.7 Å². The number of carbonyl (C=O) groups is 1. The van der Waals surface area contributed by atoms with Crippen LogP contribution < -0.4 is 10.1 Å². The zero-order chi connectivity index (χ0) is 21.1. The van der Waals surface area contributed by atoms with Gasteiger partial charge in [0.05, 0.1) is 11.1 Å². The maximum Gasteiger partial charge on any atom is 0.250 e. The molecule has 5 heteroatoms. The lowest BCUT2D eigenvalue weighted by atomic mass is 10.0.